The monoisotopic (exact) mass is 324 g/mol. The zero-order chi connectivity index (χ0) is 17.0. The van der Waals surface area contributed by atoms with E-state index in [1.165, 1.54) is 4.90 Å². The van der Waals surface area contributed by atoms with Crippen molar-refractivity contribution in [2.24, 2.45) is 7.05 Å². The van der Waals surface area contributed by atoms with Gasteiger partial charge in [-0.1, -0.05) is 6.07 Å². The first-order valence-electron chi connectivity index (χ1n) is 6.94. The highest BCUT2D eigenvalue weighted by Gasteiger charge is 2.17. The summed E-state index contributed by atoms with van der Waals surface area (Å²) in [6.45, 7) is 2.31. The number of aromatic nitrogens is 1. The van der Waals surface area contributed by atoms with E-state index in [1.54, 1.807) is 42.1 Å². The Morgan fingerprint density at radius 1 is 1.48 bits per heavy atom. The molecule has 0 spiro atoms. The van der Waals surface area contributed by atoms with Gasteiger partial charge in [-0.3, -0.25) is 4.79 Å². The first-order chi connectivity index (χ1) is 11.0. The lowest BCUT2D eigenvalue weighted by Crippen LogP contribution is -2.26. The van der Waals surface area contributed by atoms with E-state index in [1.807, 2.05) is 30.5 Å². The number of rotatable bonds is 4. The lowest BCUT2D eigenvalue weighted by atomic mass is 10.1. The smallest absolute Gasteiger partial charge is 0.264 e. The molecule has 0 bridgehead atoms. The van der Waals surface area contributed by atoms with Crippen LogP contribution in [0, 0.1) is 29.6 Å². The van der Waals surface area contributed by atoms with Gasteiger partial charge in [-0.05, 0) is 36.1 Å². The number of hydrogen-bond acceptors (Lipinski definition) is 4. The maximum atomic E-state index is 12.4. The third-order valence-corrected chi connectivity index (χ3v) is 4.52. The van der Waals surface area contributed by atoms with E-state index >= 15 is 0 Å². The summed E-state index contributed by atoms with van der Waals surface area (Å²) in [6.07, 6.45) is 1.55. The molecule has 2 aromatic rings. The SMILES string of the molecule is Cc1c(C=C(C#N)C(=O)N(C)Cc2cccs2)cc(C#N)n1C. The first kappa shape index (κ1) is 16.5. The van der Waals surface area contributed by atoms with Crippen LogP contribution in [0.15, 0.2) is 29.2 Å². The summed E-state index contributed by atoms with van der Waals surface area (Å²) >= 11 is 1.57. The van der Waals surface area contributed by atoms with Gasteiger partial charge < -0.3 is 9.47 Å². The number of amides is 1. The quantitative estimate of drug-likeness (QED) is 0.641. The molecule has 2 aromatic heterocycles. The van der Waals surface area contributed by atoms with Crippen LogP contribution < -0.4 is 0 Å². The molecule has 0 aliphatic heterocycles. The van der Waals surface area contributed by atoms with Crippen molar-refractivity contribution in [1.82, 2.24) is 9.47 Å². The highest BCUT2D eigenvalue weighted by atomic mass is 32.1. The van der Waals surface area contributed by atoms with Crippen LogP contribution in [0.25, 0.3) is 6.08 Å². The predicted octanol–water partition coefficient (Wildman–Crippen LogP) is 2.83. The van der Waals surface area contributed by atoms with Gasteiger partial charge in [0, 0.05) is 24.7 Å². The number of carbonyl (C=O) groups excluding carboxylic acids is 1. The molecule has 0 N–H and O–H groups in total. The minimum absolute atomic E-state index is 0.0576. The maximum Gasteiger partial charge on any atom is 0.264 e. The fraction of sp³-hybridized carbons (Fsp3) is 0.235. The van der Waals surface area contributed by atoms with Gasteiger partial charge in [0.1, 0.15) is 23.4 Å². The van der Waals surface area contributed by atoms with Gasteiger partial charge in [0.2, 0.25) is 0 Å². The van der Waals surface area contributed by atoms with Crippen molar-refractivity contribution < 1.29 is 4.79 Å². The number of thiophene rings is 1. The summed E-state index contributed by atoms with van der Waals surface area (Å²) in [6, 6.07) is 9.61. The zero-order valence-electron chi connectivity index (χ0n) is 13.2. The second kappa shape index (κ2) is 6.95. The Balaban J connectivity index is 2.27. The molecule has 6 heteroatoms. The molecule has 1 amide bonds. The Labute approximate surface area is 139 Å². The minimum atomic E-state index is -0.331. The van der Waals surface area contributed by atoms with Gasteiger partial charge >= 0.3 is 0 Å². The molecule has 0 aromatic carbocycles. The summed E-state index contributed by atoms with van der Waals surface area (Å²) in [4.78, 5) is 15.0. The van der Waals surface area contributed by atoms with Crippen LogP contribution in [0.3, 0.4) is 0 Å². The van der Waals surface area contributed by atoms with Crippen molar-refractivity contribution in [2.75, 3.05) is 7.05 Å². The third-order valence-electron chi connectivity index (χ3n) is 3.66. The van der Waals surface area contributed by atoms with Crippen molar-refractivity contribution in [3.63, 3.8) is 0 Å². The molecule has 23 heavy (non-hydrogen) atoms. The van der Waals surface area contributed by atoms with E-state index < -0.39 is 0 Å². The summed E-state index contributed by atoms with van der Waals surface area (Å²) in [5.74, 6) is -0.331. The van der Waals surface area contributed by atoms with Crippen molar-refractivity contribution in [1.29, 1.82) is 10.5 Å². The standard InChI is InChI=1S/C17H16N4OS/c1-12-13(8-15(10-19)21(12)3)7-14(9-18)17(22)20(2)11-16-5-4-6-23-16/h4-8H,11H2,1-3H3. The average Bonchev–Trinajstić information content (AvgIpc) is 3.14. The fourth-order valence-electron chi connectivity index (χ4n) is 2.19. The Hall–Kier alpha value is -2.83. The van der Waals surface area contributed by atoms with Crippen LogP contribution >= 0.6 is 11.3 Å². The molecule has 2 rings (SSSR count). The average molecular weight is 324 g/mol. The summed E-state index contributed by atoms with van der Waals surface area (Å²) in [7, 11) is 3.45. The molecular formula is C17H16N4OS. The van der Waals surface area contributed by atoms with E-state index in [0.717, 1.165) is 10.6 Å². The van der Waals surface area contributed by atoms with Crippen LogP contribution in [0.1, 0.15) is 21.8 Å². The summed E-state index contributed by atoms with van der Waals surface area (Å²) in [5.41, 5.74) is 2.09. The van der Waals surface area contributed by atoms with Gasteiger partial charge in [-0.25, -0.2) is 0 Å². The fourth-order valence-corrected chi connectivity index (χ4v) is 2.94. The predicted molar refractivity (Wildman–Crippen MR) is 89.2 cm³/mol. The molecule has 0 aliphatic carbocycles. The van der Waals surface area contributed by atoms with Crippen LogP contribution in [0.4, 0.5) is 0 Å². The summed E-state index contributed by atoms with van der Waals surface area (Å²) < 4.78 is 1.74. The van der Waals surface area contributed by atoms with Crippen LogP contribution in [0.5, 0.6) is 0 Å². The molecule has 0 aliphatic rings. The lowest BCUT2D eigenvalue weighted by Gasteiger charge is -2.15. The normalized spacial score (nSPS) is 10.9. The molecule has 0 saturated heterocycles. The van der Waals surface area contributed by atoms with E-state index in [-0.39, 0.29) is 11.5 Å². The Morgan fingerprint density at radius 2 is 2.22 bits per heavy atom. The van der Waals surface area contributed by atoms with E-state index in [0.29, 0.717) is 17.8 Å². The zero-order valence-corrected chi connectivity index (χ0v) is 14.0. The van der Waals surface area contributed by atoms with E-state index in [9.17, 15) is 10.1 Å². The molecule has 0 fully saturated rings. The van der Waals surface area contributed by atoms with Gasteiger partial charge in [0.25, 0.3) is 5.91 Å². The van der Waals surface area contributed by atoms with Gasteiger partial charge in [0.05, 0.1) is 6.54 Å². The molecule has 5 nitrogen and oxygen atoms in total. The highest BCUT2D eigenvalue weighted by molar-refractivity contribution is 7.09. The van der Waals surface area contributed by atoms with Gasteiger partial charge in [0.15, 0.2) is 0 Å². The number of carbonyl (C=O) groups is 1. The molecule has 0 atom stereocenters. The van der Waals surface area contributed by atoms with Crippen molar-refractivity contribution in [2.45, 2.75) is 13.5 Å². The molecule has 0 saturated carbocycles. The van der Waals surface area contributed by atoms with Crippen molar-refractivity contribution in [3.05, 3.63) is 51.0 Å². The van der Waals surface area contributed by atoms with Gasteiger partial charge in [-0.2, -0.15) is 10.5 Å². The Kier molecular flexibility index (Phi) is 5.00. The Bertz CT molecular complexity index is 831. The molecule has 0 radical (unpaired) electrons. The van der Waals surface area contributed by atoms with Crippen LogP contribution in [-0.2, 0) is 18.4 Å². The van der Waals surface area contributed by atoms with E-state index in [4.69, 9.17) is 5.26 Å². The first-order valence-corrected chi connectivity index (χ1v) is 7.82. The minimum Gasteiger partial charge on any atom is -0.339 e. The third kappa shape index (κ3) is 3.50. The number of nitriles is 2. The van der Waals surface area contributed by atoms with E-state index in [2.05, 4.69) is 6.07 Å². The second-order valence-corrected chi connectivity index (χ2v) is 6.18. The maximum absolute atomic E-state index is 12.4. The van der Waals surface area contributed by atoms with Gasteiger partial charge in [-0.15, -0.1) is 11.3 Å². The number of likely N-dealkylation sites (N-methyl/N-ethyl adjacent to an activating group) is 1. The largest absolute Gasteiger partial charge is 0.339 e. The molecule has 0 unspecified atom stereocenters. The second-order valence-electron chi connectivity index (χ2n) is 5.15. The van der Waals surface area contributed by atoms with Crippen LogP contribution in [-0.4, -0.2) is 22.4 Å². The van der Waals surface area contributed by atoms with Crippen LogP contribution in [0.2, 0.25) is 0 Å². The molecular weight excluding hydrogens is 308 g/mol. The van der Waals surface area contributed by atoms with Crippen molar-refractivity contribution in [3.8, 4) is 12.1 Å². The highest BCUT2D eigenvalue weighted by Crippen LogP contribution is 2.18. The molecule has 2 heterocycles. The summed E-state index contributed by atoms with van der Waals surface area (Å²) in [5, 5.41) is 20.3. The van der Waals surface area contributed by atoms with Crippen molar-refractivity contribution >= 4 is 23.3 Å². The number of nitrogens with zero attached hydrogens (tertiary/aromatic N) is 4. The topological polar surface area (TPSA) is 72.8 Å². The number of hydrogen-bond donors (Lipinski definition) is 0. The molecule has 116 valence electrons. The lowest BCUT2D eigenvalue weighted by molar-refractivity contribution is -0.125. The Morgan fingerprint density at radius 3 is 2.74 bits per heavy atom.